The van der Waals surface area contributed by atoms with Gasteiger partial charge < -0.3 is 0 Å². The molecule has 0 rings (SSSR count). The van der Waals surface area contributed by atoms with E-state index in [1.807, 2.05) is 0 Å². The van der Waals surface area contributed by atoms with Gasteiger partial charge in [-0.2, -0.15) is 0 Å². The van der Waals surface area contributed by atoms with E-state index < -0.39 is 0 Å². The normalized spacial score (nSPS) is 10.9. The maximum absolute atomic E-state index is 11.4. The number of ether oxygens (including phenoxy) is 1. The fraction of sp³-hybridized carbons (Fsp3) is 0.950. The Labute approximate surface area is 167 Å². The Morgan fingerprint density at radius 2 is 1.17 bits per heavy atom. The summed E-state index contributed by atoms with van der Waals surface area (Å²) in [7, 11) is 1.81. The number of carbonyl (C=O) groups is 1. The van der Waals surface area contributed by atoms with Crippen molar-refractivity contribution in [1.82, 2.24) is 0 Å². The van der Waals surface area contributed by atoms with Gasteiger partial charge in [0.1, 0.15) is 0 Å². The zero-order valence-electron chi connectivity index (χ0n) is 16.0. The van der Waals surface area contributed by atoms with Crippen molar-refractivity contribution in [1.29, 1.82) is 0 Å². The Morgan fingerprint density at radius 1 is 0.750 bits per heavy atom. The molecule has 0 heterocycles. The molecule has 141 valence electrons. The van der Waals surface area contributed by atoms with Gasteiger partial charge in [0, 0.05) is 0 Å². The summed E-state index contributed by atoms with van der Waals surface area (Å²) < 4.78 is 5.16. The number of esters is 1. The van der Waals surface area contributed by atoms with Crippen LogP contribution in [0.2, 0.25) is 0 Å². The topological polar surface area (TPSA) is 26.3 Å². The van der Waals surface area contributed by atoms with Crippen LogP contribution >= 0.6 is 8.95 Å². The molecule has 0 fully saturated rings. The molecule has 0 amide bonds. The molecule has 3 radical (unpaired) electrons. The van der Waals surface area contributed by atoms with Crippen LogP contribution in [0.5, 0.6) is 0 Å². The average Bonchev–Trinajstić information content (AvgIpc) is 2.58. The molecule has 2 nitrogen and oxygen atoms in total. The minimum absolute atomic E-state index is 0.00505. The summed E-state index contributed by atoms with van der Waals surface area (Å²) in [5.74, 6) is 0.942. The standard InChI is InChI=1S/C20H40O2S.Sn/c1-2-3-4-5-6-7-8-9-10-11-12-13-14-15-16-17-20(21)22-18-19-23;/h23H,2-19H2,1H3;/q;+1/p-1. The van der Waals surface area contributed by atoms with Gasteiger partial charge in [0.15, 0.2) is 0 Å². The number of hydrogen-bond donors (Lipinski definition) is 0. The Balaban J connectivity index is 3.06. The second-order valence-corrected chi connectivity index (χ2v) is 9.94. The third-order valence-corrected chi connectivity index (χ3v) is 6.55. The number of unbranched alkanes of at least 4 members (excludes halogenated alkanes) is 14. The van der Waals surface area contributed by atoms with E-state index in [1.54, 1.807) is 8.95 Å². The SMILES string of the molecule is CCCCCCCCCCCCCCCCCC(=O)OCC[S][Sn]. The van der Waals surface area contributed by atoms with Crippen molar-refractivity contribution in [3.8, 4) is 0 Å². The molecule has 0 aromatic rings. The summed E-state index contributed by atoms with van der Waals surface area (Å²) in [6, 6.07) is 0. The predicted molar refractivity (Wildman–Crippen MR) is 109 cm³/mol. The summed E-state index contributed by atoms with van der Waals surface area (Å²) >= 11 is 1.45. The fourth-order valence-electron chi connectivity index (χ4n) is 2.91. The average molecular weight is 462 g/mol. The van der Waals surface area contributed by atoms with Gasteiger partial charge in [0.2, 0.25) is 0 Å². The number of hydrogen-bond acceptors (Lipinski definition) is 3. The van der Waals surface area contributed by atoms with Crippen LogP contribution in [0.15, 0.2) is 0 Å². The summed E-state index contributed by atoms with van der Waals surface area (Å²) in [6.45, 7) is 2.87. The minimum atomic E-state index is -0.00505. The van der Waals surface area contributed by atoms with Gasteiger partial charge in [-0.1, -0.05) is 64.7 Å². The molecule has 0 unspecified atom stereocenters. The first-order chi connectivity index (χ1) is 11.8. The molecule has 0 N–H and O–H groups in total. The van der Waals surface area contributed by atoms with Crippen molar-refractivity contribution in [2.24, 2.45) is 0 Å². The Kier molecular flexibility index (Phi) is 22.2. The van der Waals surface area contributed by atoms with Crippen LogP contribution in [0, 0.1) is 0 Å². The van der Waals surface area contributed by atoms with Crippen LogP contribution in [0.4, 0.5) is 0 Å². The van der Waals surface area contributed by atoms with Gasteiger partial charge in [-0.05, 0) is 0 Å². The molecule has 0 saturated heterocycles. The van der Waals surface area contributed by atoms with Gasteiger partial charge in [0.25, 0.3) is 0 Å². The maximum atomic E-state index is 11.4. The monoisotopic (exact) mass is 463 g/mol. The van der Waals surface area contributed by atoms with Gasteiger partial charge in [0.05, 0.1) is 0 Å². The van der Waals surface area contributed by atoms with E-state index in [9.17, 15) is 4.79 Å². The number of rotatable bonds is 19. The van der Waals surface area contributed by atoms with Crippen molar-refractivity contribution in [3.05, 3.63) is 0 Å². The predicted octanol–water partition coefficient (Wildman–Crippen LogP) is 6.61. The molecule has 24 heavy (non-hydrogen) atoms. The van der Waals surface area contributed by atoms with E-state index in [1.165, 1.54) is 111 Å². The van der Waals surface area contributed by atoms with E-state index >= 15 is 0 Å². The van der Waals surface area contributed by atoms with Crippen LogP contribution in [-0.2, 0) is 9.53 Å². The van der Waals surface area contributed by atoms with Crippen molar-refractivity contribution in [2.75, 3.05) is 12.4 Å². The quantitative estimate of drug-likeness (QED) is 0.123. The molecular weight excluding hydrogens is 423 g/mol. The first-order valence-electron chi connectivity index (χ1n) is 10.3. The molecule has 0 aliphatic heterocycles. The van der Waals surface area contributed by atoms with Crippen LogP contribution in [0.3, 0.4) is 0 Å². The van der Waals surface area contributed by atoms with E-state index in [-0.39, 0.29) is 5.97 Å². The van der Waals surface area contributed by atoms with Crippen molar-refractivity contribution in [2.45, 2.75) is 110 Å². The zero-order chi connectivity index (χ0) is 17.7. The molecule has 0 saturated carbocycles. The van der Waals surface area contributed by atoms with Crippen molar-refractivity contribution in [3.63, 3.8) is 0 Å². The molecule has 0 atom stereocenters. The van der Waals surface area contributed by atoms with E-state index in [2.05, 4.69) is 6.92 Å². The summed E-state index contributed by atoms with van der Waals surface area (Å²) in [5, 5.41) is 0. The van der Waals surface area contributed by atoms with Crippen LogP contribution < -0.4 is 0 Å². The van der Waals surface area contributed by atoms with Gasteiger partial charge in [-0.25, -0.2) is 0 Å². The van der Waals surface area contributed by atoms with E-state index in [4.69, 9.17) is 4.74 Å². The van der Waals surface area contributed by atoms with E-state index in [0.29, 0.717) is 13.0 Å². The molecule has 0 aliphatic rings. The molecule has 0 bridgehead atoms. The zero-order valence-corrected chi connectivity index (χ0v) is 19.6. The van der Waals surface area contributed by atoms with Crippen molar-refractivity contribution < 1.29 is 9.53 Å². The van der Waals surface area contributed by atoms with E-state index in [0.717, 1.165) is 12.2 Å². The van der Waals surface area contributed by atoms with Gasteiger partial charge in [-0.3, -0.25) is 0 Å². The van der Waals surface area contributed by atoms with Gasteiger partial charge in [-0.15, -0.1) is 0 Å². The summed E-state index contributed by atoms with van der Waals surface area (Å²) in [6.07, 6.45) is 21.0. The molecule has 0 aliphatic carbocycles. The third kappa shape index (κ3) is 20.7. The molecule has 4 heteroatoms. The van der Waals surface area contributed by atoms with Crippen LogP contribution in [0.25, 0.3) is 0 Å². The molecule has 0 aromatic carbocycles. The Hall–Kier alpha value is 0.619. The molecule has 0 aromatic heterocycles. The van der Waals surface area contributed by atoms with Crippen LogP contribution in [0.1, 0.15) is 110 Å². The van der Waals surface area contributed by atoms with Crippen LogP contribution in [-0.4, -0.2) is 39.5 Å². The first kappa shape index (κ1) is 24.6. The number of carbonyl (C=O) groups excluding carboxylic acids is 1. The first-order valence-corrected chi connectivity index (χ1v) is 14.7. The molecule has 0 spiro atoms. The van der Waals surface area contributed by atoms with Gasteiger partial charge >= 0.3 is 103 Å². The molecular formula is C20H39O2SSn. The third-order valence-electron chi connectivity index (χ3n) is 4.43. The fourth-order valence-corrected chi connectivity index (χ4v) is 3.79. The Morgan fingerprint density at radius 3 is 1.58 bits per heavy atom. The van der Waals surface area contributed by atoms with Crippen molar-refractivity contribution >= 4 is 36.1 Å². The second-order valence-electron chi connectivity index (χ2n) is 6.77. The summed E-state index contributed by atoms with van der Waals surface area (Å²) in [5.41, 5.74) is 0. The Bertz CT molecular complexity index is 262. The second kappa shape index (κ2) is 21.7. The summed E-state index contributed by atoms with van der Waals surface area (Å²) in [4.78, 5) is 11.4.